The zero-order chi connectivity index (χ0) is 14.7. The summed E-state index contributed by atoms with van der Waals surface area (Å²) >= 11 is 0. The summed E-state index contributed by atoms with van der Waals surface area (Å²) < 4.78 is 0. The largest absolute Gasteiger partial charge is 0.368 e. The van der Waals surface area contributed by atoms with Crippen LogP contribution in [0.15, 0.2) is 72.0 Å². The van der Waals surface area contributed by atoms with Crippen molar-refractivity contribution < 1.29 is 4.79 Å². The first-order valence-electron chi connectivity index (χ1n) is 6.70. The fraction of sp³-hybridized carbons (Fsp3) is 0.0588. The fourth-order valence-corrected chi connectivity index (χ4v) is 2.34. The molecular weight excluding hydrogens is 262 g/mol. The second kappa shape index (κ2) is 5.63. The number of allylic oxidation sites excluding steroid dienone is 1. The minimum Gasteiger partial charge on any atom is -0.368 e. The number of carbonyl (C=O) groups is 1. The molecule has 4 heteroatoms. The van der Waals surface area contributed by atoms with Crippen LogP contribution in [0.5, 0.6) is 0 Å². The van der Waals surface area contributed by atoms with E-state index in [1.165, 1.54) is 0 Å². The van der Waals surface area contributed by atoms with Gasteiger partial charge in [0.2, 0.25) is 5.91 Å². The van der Waals surface area contributed by atoms with Crippen molar-refractivity contribution in [1.82, 2.24) is 5.01 Å². The highest BCUT2D eigenvalue weighted by Crippen LogP contribution is 2.21. The van der Waals surface area contributed by atoms with Crippen LogP contribution in [0.4, 0.5) is 0 Å². The molecule has 1 aliphatic rings. The van der Waals surface area contributed by atoms with Crippen molar-refractivity contribution in [3.05, 3.63) is 83.0 Å². The summed E-state index contributed by atoms with van der Waals surface area (Å²) in [6.45, 7) is 0. The minimum absolute atomic E-state index is 0.436. The van der Waals surface area contributed by atoms with E-state index in [0.717, 1.165) is 16.1 Å². The number of amides is 1. The Morgan fingerprint density at radius 1 is 1.05 bits per heavy atom. The molecule has 1 aliphatic heterocycles. The van der Waals surface area contributed by atoms with Gasteiger partial charge in [0.05, 0.1) is 5.36 Å². The first-order chi connectivity index (χ1) is 10.3. The van der Waals surface area contributed by atoms with Crippen LogP contribution in [0, 0.1) is 0 Å². The van der Waals surface area contributed by atoms with E-state index >= 15 is 0 Å². The minimum atomic E-state index is -0.623. The normalized spacial score (nSPS) is 14.4. The molecule has 2 aromatic rings. The smallest absolute Gasteiger partial charge is 0.246 e. The van der Waals surface area contributed by atoms with E-state index < -0.39 is 11.9 Å². The maximum absolute atomic E-state index is 11.9. The molecule has 21 heavy (non-hydrogen) atoms. The Kier molecular flexibility index (Phi) is 3.51. The first-order valence-corrected chi connectivity index (χ1v) is 6.70. The van der Waals surface area contributed by atoms with Gasteiger partial charge in [0, 0.05) is 11.4 Å². The van der Waals surface area contributed by atoms with Gasteiger partial charge in [0.25, 0.3) is 0 Å². The Balaban J connectivity index is 2.09. The molecule has 104 valence electrons. The van der Waals surface area contributed by atoms with Crippen LogP contribution in [0.1, 0.15) is 11.6 Å². The summed E-state index contributed by atoms with van der Waals surface area (Å²) in [4.78, 5) is 11.9. The summed E-state index contributed by atoms with van der Waals surface area (Å²) in [7, 11) is 0. The van der Waals surface area contributed by atoms with Crippen molar-refractivity contribution in [3.8, 4) is 0 Å². The predicted octanol–water partition coefficient (Wildman–Crippen LogP) is 1.06. The van der Waals surface area contributed by atoms with Crippen LogP contribution in [-0.4, -0.2) is 10.9 Å². The van der Waals surface area contributed by atoms with Crippen molar-refractivity contribution in [2.75, 3.05) is 0 Å². The van der Waals surface area contributed by atoms with Gasteiger partial charge in [-0.1, -0.05) is 54.6 Å². The van der Waals surface area contributed by atoms with Gasteiger partial charge < -0.3 is 5.73 Å². The lowest BCUT2D eigenvalue weighted by Crippen LogP contribution is -2.34. The number of nitrogens with zero attached hydrogens (tertiary/aromatic N) is 2. The molecule has 1 heterocycles. The number of benzene rings is 2. The molecule has 2 N–H and O–H groups in total. The first kappa shape index (κ1) is 13.1. The zero-order valence-corrected chi connectivity index (χ0v) is 11.4. The Morgan fingerprint density at radius 3 is 2.52 bits per heavy atom. The Labute approximate surface area is 122 Å². The molecule has 0 fully saturated rings. The van der Waals surface area contributed by atoms with Crippen LogP contribution < -0.4 is 16.3 Å². The number of fused-ring (bicyclic) bond motifs is 1. The van der Waals surface area contributed by atoms with Crippen molar-refractivity contribution in [2.45, 2.75) is 6.04 Å². The SMILES string of the molecule is NC(=O)C(c1ccccc1)N1C=CC=c2ccccc2=N1. The van der Waals surface area contributed by atoms with Gasteiger partial charge >= 0.3 is 0 Å². The summed E-state index contributed by atoms with van der Waals surface area (Å²) in [5, 5.41) is 7.98. The van der Waals surface area contributed by atoms with Gasteiger partial charge in [-0.15, -0.1) is 0 Å². The van der Waals surface area contributed by atoms with E-state index in [4.69, 9.17) is 5.73 Å². The van der Waals surface area contributed by atoms with E-state index in [1.807, 2.05) is 66.7 Å². The molecule has 0 saturated carbocycles. The average Bonchev–Trinajstić information content (AvgIpc) is 2.70. The number of primary amides is 1. The molecule has 2 aromatic carbocycles. The van der Waals surface area contributed by atoms with E-state index in [1.54, 1.807) is 11.2 Å². The van der Waals surface area contributed by atoms with E-state index in [2.05, 4.69) is 5.10 Å². The van der Waals surface area contributed by atoms with Crippen molar-refractivity contribution in [1.29, 1.82) is 0 Å². The van der Waals surface area contributed by atoms with Crippen molar-refractivity contribution >= 4 is 12.0 Å². The fourth-order valence-electron chi connectivity index (χ4n) is 2.34. The number of hydrogen-bond donors (Lipinski definition) is 1. The lowest BCUT2D eigenvalue weighted by Gasteiger charge is -2.23. The Bertz CT molecular complexity index is 796. The molecule has 0 saturated heterocycles. The van der Waals surface area contributed by atoms with Gasteiger partial charge in [-0.3, -0.25) is 9.80 Å². The molecule has 0 bridgehead atoms. The van der Waals surface area contributed by atoms with Gasteiger partial charge in [-0.2, -0.15) is 5.10 Å². The summed E-state index contributed by atoms with van der Waals surface area (Å²) in [6.07, 6.45) is 5.60. The Hall–Kier alpha value is -2.88. The topological polar surface area (TPSA) is 58.7 Å². The molecule has 1 amide bonds. The highest BCUT2D eigenvalue weighted by molar-refractivity contribution is 5.81. The quantitative estimate of drug-likeness (QED) is 0.912. The summed E-state index contributed by atoms with van der Waals surface area (Å²) in [6, 6.07) is 16.6. The molecule has 4 nitrogen and oxygen atoms in total. The second-order valence-corrected chi connectivity index (χ2v) is 4.76. The lowest BCUT2D eigenvalue weighted by atomic mass is 10.1. The average molecular weight is 277 g/mol. The molecule has 0 radical (unpaired) electrons. The van der Waals surface area contributed by atoms with Gasteiger partial charge in [0.1, 0.15) is 0 Å². The standard InChI is InChI=1S/C17H15N3O/c18-17(21)16(14-8-2-1-3-9-14)20-12-6-10-13-7-4-5-11-15(13)19-20/h1-12,16H,(H2,18,21). The second-order valence-electron chi connectivity index (χ2n) is 4.76. The van der Waals surface area contributed by atoms with Crippen LogP contribution >= 0.6 is 0 Å². The summed E-state index contributed by atoms with van der Waals surface area (Å²) in [5.41, 5.74) is 6.40. The monoisotopic (exact) mass is 277 g/mol. The molecular formula is C17H15N3O. The van der Waals surface area contributed by atoms with Crippen LogP contribution in [0.2, 0.25) is 0 Å². The highest BCUT2D eigenvalue weighted by Gasteiger charge is 2.23. The maximum atomic E-state index is 11.9. The van der Waals surface area contributed by atoms with Crippen molar-refractivity contribution in [3.63, 3.8) is 0 Å². The molecule has 3 rings (SSSR count). The Morgan fingerprint density at radius 2 is 1.76 bits per heavy atom. The molecule has 0 aromatic heterocycles. The number of rotatable bonds is 3. The van der Waals surface area contributed by atoms with Gasteiger partial charge in [-0.25, -0.2) is 0 Å². The zero-order valence-electron chi connectivity index (χ0n) is 11.4. The molecule has 0 spiro atoms. The third kappa shape index (κ3) is 2.69. The number of hydrogen-bond acceptors (Lipinski definition) is 3. The third-order valence-electron chi connectivity index (χ3n) is 3.32. The van der Waals surface area contributed by atoms with E-state index in [0.29, 0.717) is 0 Å². The molecule has 1 atom stereocenters. The van der Waals surface area contributed by atoms with Gasteiger partial charge in [-0.05, 0) is 17.7 Å². The van der Waals surface area contributed by atoms with Crippen LogP contribution in [0.25, 0.3) is 6.08 Å². The van der Waals surface area contributed by atoms with E-state index in [9.17, 15) is 4.79 Å². The number of carbonyl (C=O) groups excluding carboxylic acids is 1. The predicted molar refractivity (Wildman–Crippen MR) is 81.0 cm³/mol. The van der Waals surface area contributed by atoms with Gasteiger partial charge in [0.15, 0.2) is 6.04 Å². The third-order valence-corrected chi connectivity index (χ3v) is 3.32. The summed E-state index contributed by atoms with van der Waals surface area (Å²) in [5.74, 6) is -0.436. The van der Waals surface area contributed by atoms with Crippen LogP contribution in [-0.2, 0) is 4.79 Å². The molecule has 1 unspecified atom stereocenters. The van der Waals surface area contributed by atoms with Crippen molar-refractivity contribution in [2.24, 2.45) is 10.8 Å². The highest BCUT2D eigenvalue weighted by atomic mass is 16.1. The van der Waals surface area contributed by atoms with E-state index in [-0.39, 0.29) is 0 Å². The lowest BCUT2D eigenvalue weighted by molar-refractivity contribution is -0.122. The van der Waals surface area contributed by atoms with Crippen LogP contribution in [0.3, 0.4) is 0 Å². The maximum Gasteiger partial charge on any atom is 0.246 e. The number of nitrogens with two attached hydrogens (primary N) is 1. The molecule has 0 aliphatic carbocycles.